The summed E-state index contributed by atoms with van der Waals surface area (Å²) in [6.45, 7) is 0.694. The van der Waals surface area contributed by atoms with Crippen LogP contribution in [0.1, 0.15) is 5.56 Å². The van der Waals surface area contributed by atoms with E-state index in [1.165, 1.54) is 0 Å². The summed E-state index contributed by atoms with van der Waals surface area (Å²) >= 11 is 0. The molecule has 2 aromatic rings. The fraction of sp³-hybridized carbons (Fsp3) is 0.200. The molecule has 1 aromatic heterocycles. The first-order valence-electron chi connectivity index (χ1n) is 6.32. The quantitative estimate of drug-likeness (QED) is 0.841. The minimum atomic E-state index is -0.0651. The van der Waals surface area contributed by atoms with Gasteiger partial charge in [0, 0.05) is 24.5 Å². The number of nitrogens with zero attached hydrogens (tertiary/aromatic N) is 1. The van der Waals surface area contributed by atoms with E-state index in [2.05, 4.69) is 15.6 Å². The zero-order valence-corrected chi connectivity index (χ0v) is 11.3. The molecule has 2 N–H and O–H groups in total. The lowest BCUT2D eigenvalue weighted by Gasteiger charge is -2.08. The summed E-state index contributed by atoms with van der Waals surface area (Å²) in [5.41, 5.74) is 1.85. The van der Waals surface area contributed by atoms with Crippen LogP contribution in [0.5, 0.6) is 5.88 Å². The zero-order valence-electron chi connectivity index (χ0n) is 11.3. The van der Waals surface area contributed by atoms with Gasteiger partial charge in [-0.3, -0.25) is 4.79 Å². The van der Waals surface area contributed by atoms with E-state index in [-0.39, 0.29) is 12.5 Å². The van der Waals surface area contributed by atoms with Crippen LogP contribution in [0.3, 0.4) is 0 Å². The van der Waals surface area contributed by atoms with Crippen LogP contribution in [0.15, 0.2) is 48.7 Å². The van der Waals surface area contributed by atoms with Crippen molar-refractivity contribution in [2.24, 2.45) is 0 Å². The second-order valence-electron chi connectivity index (χ2n) is 4.21. The highest BCUT2D eigenvalue weighted by Gasteiger charge is 2.01. The van der Waals surface area contributed by atoms with Gasteiger partial charge in [0.2, 0.25) is 11.8 Å². The van der Waals surface area contributed by atoms with E-state index >= 15 is 0 Å². The van der Waals surface area contributed by atoms with Gasteiger partial charge >= 0.3 is 0 Å². The minimum absolute atomic E-state index is 0.0651. The summed E-state index contributed by atoms with van der Waals surface area (Å²) in [5, 5.41) is 5.88. The molecular weight excluding hydrogens is 254 g/mol. The van der Waals surface area contributed by atoms with Gasteiger partial charge in [0.15, 0.2) is 0 Å². The first-order valence-corrected chi connectivity index (χ1v) is 6.32. The lowest BCUT2D eigenvalue weighted by atomic mass is 10.3. The topological polar surface area (TPSA) is 63.2 Å². The Morgan fingerprint density at radius 2 is 2.00 bits per heavy atom. The van der Waals surface area contributed by atoms with Gasteiger partial charge in [-0.2, -0.15) is 0 Å². The highest BCUT2D eigenvalue weighted by atomic mass is 16.5. The molecule has 0 spiro atoms. The summed E-state index contributed by atoms with van der Waals surface area (Å²) < 4.78 is 4.97. The number of hydrogen-bond acceptors (Lipinski definition) is 4. The van der Waals surface area contributed by atoms with Crippen LogP contribution >= 0.6 is 0 Å². The monoisotopic (exact) mass is 271 g/mol. The number of hydrogen-bond donors (Lipinski definition) is 2. The van der Waals surface area contributed by atoms with Gasteiger partial charge in [-0.1, -0.05) is 24.3 Å². The average Bonchev–Trinajstić information content (AvgIpc) is 2.52. The number of benzene rings is 1. The van der Waals surface area contributed by atoms with Crippen molar-refractivity contribution in [1.82, 2.24) is 10.3 Å². The molecule has 0 bridgehead atoms. The van der Waals surface area contributed by atoms with Crippen LogP contribution in [-0.2, 0) is 11.3 Å². The molecule has 1 heterocycles. The largest absolute Gasteiger partial charge is 0.481 e. The number of nitrogens with one attached hydrogen (secondary N) is 2. The van der Waals surface area contributed by atoms with E-state index in [4.69, 9.17) is 4.74 Å². The zero-order chi connectivity index (χ0) is 14.2. The smallest absolute Gasteiger partial charge is 0.239 e. The summed E-state index contributed by atoms with van der Waals surface area (Å²) in [6, 6.07) is 13.2. The molecule has 2 rings (SSSR count). The van der Waals surface area contributed by atoms with Gasteiger partial charge < -0.3 is 15.4 Å². The van der Waals surface area contributed by atoms with Gasteiger partial charge in [0.1, 0.15) is 0 Å². The second kappa shape index (κ2) is 7.13. The van der Waals surface area contributed by atoms with Crippen molar-refractivity contribution >= 4 is 11.6 Å². The molecule has 0 aliphatic carbocycles. The maximum atomic E-state index is 11.7. The number of para-hydroxylation sites is 1. The fourth-order valence-corrected chi connectivity index (χ4v) is 1.64. The van der Waals surface area contributed by atoms with Crippen LogP contribution in [0.25, 0.3) is 0 Å². The average molecular weight is 271 g/mol. The van der Waals surface area contributed by atoms with Gasteiger partial charge in [0.05, 0.1) is 13.7 Å². The van der Waals surface area contributed by atoms with E-state index in [0.29, 0.717) is 12.4 Å². The maximum Gasteiger partial charge on any atom is 0.239 e. The molecule has 104 valence electrons. The van der Waals surface area contributed by atoms with Crippen LogP contribution in [0.2, 0.25) is 0 Å². The SMILES string of the molecule is COc1ccc(CNC(=O)CNc2ccccc2)cn1. The van der Waals surface area contributed by atoms with Crippen molar-refractivity contribution in [3.8, 4) is 5.88 Å². The van der Waals surface area contributed by atoms with Crippen LogP contribution in [-0.4, -0.2) is 24.5 Å². The Morgan fingerprint density at radius 3 is 2.65 bits per heavy atom. The molecule has 0 radical (unpaired) electrons. The number of rotatable bonds is 6. The Labute approximate surface area is 118 Å². The Morgan fingerprint density at radius 1 is 1.20 bits per heavy atom. The van der Waals surface area contributed by atoms with Crippen LogP contribution in [0, 0.1) is 0 Å². The lowest BCUT2D eigenvalue weighted by Crippen LogP contribution is -2.29. The van der Waals surface area contributed by atoms with E-state index in [0.717, 1.165) is 11.3 Å². The normalized spacial score (nSPS) is 9.85. The molecule has 0 saturated heterocycles. The van der Waals surface area contributed by atoms with E-state index in [9.17, 15) is 4.79 Å². The van der Waals surface area contributed by atoms with E-state index in [1.54, 1.807) is 19.4 Å². The number of aromatic nitrogens is 1. The first-order chi connectivity index (χ1) is 9.78. The summed E-state index contributed by atoms with van der Waals surface area (Å²) in [7, 11) is 1.57. The first kappa shape index (κ1) is 13.9. The van der Waals surface area contributed by atoms with Crippen LogP contribution in [0.4, 0.5) is 5.69 Å². The Bertz CT molecular complexity index is 541. The van der Waals surface area contributed by atoms with E-state index < -0.39 is 0 Å². The van der Waals surface area contributed by atoms with Crippen molar-refractivity contribution in [2.75, 3.05) is 19.0 Å². The molecule has 1 aromatic carbocycles. The molecule has 5 nitrogen and oxygen atoms in total. The number of carbonyl (C=O) groups is 1. The van der Waals surface area contributed by atoms with Gasteiger partial charge in [-0.25, -0.2) is 4.98 Å². The van der Waals surface area contributed by atoms with Gasteiger partial charge in [-0.05, 0) is 17.7 Å². The predicted molar refractivity (Wildman–Crippen MR) is 77.6 cm³/mol. The Hall–Kier alpha value is -2.56. The summed E-state index contributed by atoms with van der Waals surface area (Å²) in [5.74, 6) is 0.496. The minimum Gasteiger partial charge on any atom is -0.481 e. The summed E-state index contributed by atoms with van der Waals surface area (Å²) in [4.78, 5) is 15.8. The fourth-order valence-electron chi connectivity index (χ4n) is 1.64. The van der Waals surface area contributed by atoms with Crippen molar-refractivity contribution < 1.29 is 9.53 Å². The molecule has 0 atom stereocenters. The highest BCUT2D eigenvalue weighted by Crippen LogP contribution is 2.06. The Kier molecular flexibility index (Phi) is 4.94. The third-order valence-corrected chi connectivity index (χ3v) is 2.72. The van der Waals surface area contributed by atoms with Gasteiger partial charge in [-0.15, -0.1) is 0 Å². The number of pyridine rings is 1. The van der Waals surface area contributed by atoms with Crippen molar-refractivity contribution in [1.29, 1.82) is 0 Å². The van der Waals surface area contributed by atoms with Crippen molar-refractivity contribution in [3.05, 3.63) is 54.2 Å². The molecule has 0 aliphatic rings. The number of ether oxygens (including phenoxy) is 1. The standard InChI is InChI=1S/C15H17N3O2/c1-20-15-8-7-12(10-18-15)9-17-14(19)11-16-13-5-3-2-4-6-13/h2-8,10,16H,9,11H2,1H3,(H,17,19). The van der Waals surface area contributed by atoms with Gasteiger partial charge in [0.25, 0.3) is 0 Å². The number of anilines is 1. The summed E-state index contributed by atoms with van der Waals surface area (Å²) in [6.07, 6.45) is 1.68. The molecule has 0 fully saturated rings. The molecule has 0 aliphatic heterocycles. The molecule has 0 saturated carbocycles. The number of amides is 1. The van der Waals surface area contributed by atoms with Crippen molar-refractivity contribution in [2.45, 2.75) is 6.54 Å². The second-order valence-corrected chi connectivity index (χ2v) is 4.21. The maximum absolute atomic E-state index is 11.7. The Balaban J connectivity index is 1.74. The van der Waals surface area contributed by atoms with Crippen LogP contribution < -0.4 is 15.4 Å². The van der Waals surface area contributed by atoms with Crippen molar-refractivity contribution in [3.63, 3.8) is 0 Å². The number of methoxy groups -OCH3 is 1. The third kappa shape index (κ3) is 4.28. The van der Waals surface area contributed by atoms with E-state index in [1.807, 2.05) is 36.4 Å². The molecular formula is C15H17N3O2. The lowest BCUT2D eigenvalue weighted by molar-refractivity contribution is -0.119. The molecule has 0 unspecified atom stereocenters. The molecule has 20 heavy (non-hydrogen) atoms. The highest BCUT2D eigenvalue weighted by molar-refractivity contribution is 5.80. The third-order valence-electron chi connectivity index (χ3n) is 2.72. The predicted octanol–water partition coefficient (Wildman–Crippen LogP) is 1.82. The molecule has 1 amide bonds. The number of carbonyl (C=O) groups excluding carboxylic acids is 1. The molecule has 5 heteroatoms.